The summed E-state index contributed by atoms with van der Waals surface area (Å²) in [6, 6.07) is 11.0. The van der Waals surface area contributed by atoms with Gasteiger partial charge in [-0.2, -0.15) is 10.4 Å². The monoisotopic (exact) mass is 447 g/mol. The van der Waals surface area contributed by atoms with Gasteiger partial charge in [0.05, 0.1) is 27.2 Å². The van der Waals surface area contributed by atoms with Crippen LogP contribution in [0.25, 0.3) is 0 Å². The Kier molecular flexibility index (Phi) is 8.32. The number of non-ortho nitro benzene ring substituents is 1. The predicted molar refractivity (Wildman–Crippen MR) is 112 cm³/mol. The van der Waals surface area contributed by atoms with Crippen molar-refractivity contribution in [1.82, 2.24) is 0 Å². The molecule has 0 aromatic heterocycles. The van der Waals surface area contributed by atoms with Gasteiger partial charge in [0.25, 0.3) is 5.69 Å². The van der Waals surface area contributed by atoms with Crippen LogP contribution in [-0.2, 0) is 9.53 Å². The lowest BCUT2D eigenvalue weighted by Crippen LogP contribution is -2.26. The van der Waals surface area contributed by atoms with E-state index in [4.69, 9.17) is 33.2 Å². The molecule has 2 aromatic carbocycles. The van der Waals surface area contributed by atoms with E-state index in [2.05, 4.69) is 10.2 Å². The summed E-state index contributed by atoms with van der Waals surface area (Å²) < 4.78 is 5.04. The minimum absolute atomic E-state index is 0.0114. The van der Waals surface area contributed by atoms with Crippen LogP contribution >= 0.6 is 23.2 Å². The summed E-state index contributed by atoms with van der Waals surface area (Å²) in [6.45, 7) is 2.42. The number of nitrogens with zero attached hydrogens (tertiary/aromatic N) is 5. The average Bonchev–Trinajstić information content (AvgIpc) is 2.74. The second-order valence-electron chi connectivity index (χ2n) is 5.72. The third-order valence-corrected chi connectivity index (χ3v) is 4.41. The smallest absolute Gasteiger partial charge is 0.272 e. The van der Waals surface area contributed by atoms with Gasteiger partial charge in [-0.25, -0.2) is 4.79 Å². The minimum atomic E-state index is -0.604. The van der Waals surface area contributed by atoms with Crippen molar-refractivity contribution in [1.29, 1.82) is 5.26 Å². The molecule has 0 aliphatic heterocycles. The van der Waals surface area contributed by atoms with Crippen LogP contribution in [0.15, 0.2) is 52.4 Å². The number of carbonyl (C=O) groups excluding carboxylic acids is 1. The topological polar surface area (TPSA) is 121 Å². The number of hydrogen-bond donors (Lipinski definition) is 0. The Morgan fingerprint density at radius 3 is 2.37 bits per heavy atom. The van der Waals surface area contributed by atoms with Gasteiger partial charge in [-0.05, 0) is 31.2 Å². The number of nitro groups is 1. The summed E-state index contributed by atoms with van der Waals surface area (Å²) in [5.41, 5.74) is 1.16. The van der Waals surface area contributed by atoms with E-state index < -0.39 is 4.92 Å². The predicted octanol–water partition coefficient (Wildman–Crippen LogP) is 5.40. The third kappa shape index (κ3) is 6.03. The van der Waals surface area contributed by atoms with Crippen molar-refractivity contribution in [2.24, 2.45) is 10.2 Å². The fraction of sp³-hybridized carbons (Fsp3) is 0.211. The summed E-state index contributed by atoms with van der Waals surface area (Å²) in [4.78, 5) is 23.0. The standard InChI is InChI=1S/C19H15Cl2N5O4/c1-2-25(11-16(12-27)30-8-7-22)14-5-3-13(4-6-14)23-24-19-17(20)9-15(26(28)29)10-18(19)21/h3-6,9-10H,2,8,11H2,1H3. The molecule has 0 amide bonds. The van der Waals surface area contributed by atoms with E-state index in [-0.39, 0.29) is 40.3 Å². The van der Waals surface area contributed by atoms with E-state index in [0.29, 0.717) is 12.2 Å². The quantitative estimate of drug-likeness (QED) is 0.167. The van der Waals surface area contributed by atoms with Crippen molar-refractivity contribution in [2.45, 2.75) is 6.92 Å². The molecule has 2 rings (SSSR count). The molecule has 0 radical (unpaired) electrons. The SMILES string of the molecule is CCN(CC(=C=O)OCC#N)c1ccc(N=Nc2c(Cl)cc([N+](=O)[O-])cc2Cl)cc1. The van der Waals surface area contributed by atoms with E-state index >= 15 is 0 Å². The van der Waals surface area contributed by atoms with Crippen molar-refractivity contribution < 1.29 is 14.5 Å². The second kappa shape index (κ2) is 10.9. The zero-order valence-electron chi connectivity index (χ0n) is 15.7. The van der Waals surface area contributed by atoms with Crippen molar-refractivity contribution in [3.63, 3.8) is 0 Å². The zero-order chi connectivity index (χ0) is 22.1. The molecule has 0 saturated carbocycles. The number of hydrogen-bond acceptors (Lipinski definition) is 8. The fourth-order valence-corrected chi connectivity index (χ4v) is 2.93. The number of nitro benzene ring substituents is 1. The molecule has 0 saturated heterocycles. The number of benzene rings is 2. The fourth-order valence-electron chi connectivity index (χ4n) is 2.38. The van der Waals surface area contributed by atoms with Crippen LogP contribution < -0.4 is 4.90 Å². The molecular formula is C19H15Cl2N5O4. The summed E-state index contributed by atoms with van der Waals surface area (Å²) in [5.74, 6) is 1.73. The van der Waals surface area contributed by atoms with E-state index in [1.54, 1.807) is 36.3 Å². The number of halogens is 2. The van der Waals surface area contributed by atoms with Crippen LogP contribution in [0.1, 0.15) is 6.92 Å². The normalized spacial score (nSPS) is 10.3. The van der Waals surface area contributed by atoms with Crippen molar-refractivity contribution in [3.8, 4) is 6.07 Å². The highest BCUT2D eigenvalue weighted by Crippen LogP contribution is 2.37. The molecule has 0 aliphatic rings. The molecule has 30 heavy (non-hydrogen) atoms. The molecule has 2 aromatic rings. The van der Waals surface area contributed by atoms with Gasteiger partial charge in [-0.15, -0.1) is 5.11 Å². The van der Waals surface area contributed by atoms with E-state index in [1.165, 1.54) is 0 Å². The average molecular weight is 448 g/mol. The maximum absolute atomic E-state index is 11.0. The number of anilines is 1. The first-order valence-electron chi connectivity index (χ1n) is 8.53. The van der Waals surface area contributed by atoms with Gasteiger partial charge in [0, 0.05) is 24.4 Å². The van der Waals surface area contributed by atoms with Gasteiger partial charge in [0.1, 0.15) is 11.8 Å². The van der Waals surface area contributed by atoms with Gasteiger partial charge in [0.15, 0.2) is 18.3 Å². The Morgan fingerprint density at radius 1 is 1.23 bits per heavy atom. The van der Waals surface area contributed by atoms with Crippen LogP contribution in [0.2, 0.25) is 10.0 Å². The Labute approximate surface area is 181 Å². The third-order valence-electron chi connectivity index (χ3n) is 3.83. The maximum Gasteiger partial charge on any atom is 0.272 e. The summed E-state index contributed by atoms with van der Waals surface area (Å²) in [6.07, 6.45) is 0. The largest absolute Gasteiger partial charge is 0.470 e. The number of azo groups is 1. The van der Waals surface area contributed by atoms with Crippen molar-refractivity contribution in [3.05, 3.63) is 62.3 Å². The highest BCUT2D eigenvalue weighted by atomic mass is 35.5. The van der Waals surface area contributed by atoms with Gasteiger partial charge in [0.2, 0.25) is 0 Å². The first kappa shape index (κ1) is 22.8. The Hall–Kier alpha value is -3.44. The lowest BCUT2D eigenvalue weighted by Gasteiger charge is -2.22. The van der Waals surface area contributed by atoms with Crippen molar-refractivity contribution in [2.75, 3.05) is 24.6 Å². The van der Waals surface area contributed by atoms with E-state index in [9.17, 15) is 14.9 Å². The maximum atomic E-state index is 11.0. The van der Waals surface area contributed by atoms with Crippen LogP contribution in [0.4, 0.5) is 22.7 Å². The highest BCUT2D eigenvalue weighted by molar-refractivity contribution is 6.39. The molecule has 0 atom stereocenters. The first-order chi connectivity index (χ1) is 14.4. The lowest BCUT2D eigenvalue weighted by molar-refractivity contribution is -0.384. The molecule has 0 unspecified atom stereocenters. The molecule has 0 heterocycles. The number of nitriles is 1. The molecule has 0 aliphatic carbocycles. The zero-order valence-corrected chi connectivity index (χ0v) is 17.2. The van der Waals surface area contributed by atoms with Crippen molar-refractivity contribution >= 4 is 51.9 Å². The highest BCUT2D eigenvalue weighted by Gasteiger charge is 2.14. The molecule has 9 nitrogen and oxygen atoms in total. The van der Waals surface area contributed by atoms with Gasteiger partial charge in [-0.3, -0.25) is 10.1 Å². The Balaban J connectivity index is 2.16. The van der Waals surface area contributed by atoms with Crippen LogP contribution in [0.3, 0.4) is 0 Å². The van der Waals surface area contributed by atoms with Crippen LogP contribution in [0.5, 0.6) is 0 Å². The van der Waals surface area contributed by atoms with Crippen LogP contribution in [0, 0.1) is 21.4 Å². The second-order valence-corrected chi connectivity index (χ2v) is 6.53. The minimum Gasteiger partial charge on any atom is -0.470 e. The molecule has 0 fully saturated rings. The summed E-state index contributed by atoms with van der Waals surface area (Å²) >= 11 is 12.0. The van der Waals surface area contributed by atoms with E-state index in [0.717, 1.165) is 17.8 Å². The molecule has 0 spiro atoms. The first-order valence-corrected chi connectivity index (χ1v) is 9.29. The summed E-state index contributed by atoms with van der Waals surface area (Å²) in [7, 11) is 0. The Bertz CT molecular complexity index is 1020. The lowest BCUT2D eigenvalue weighted by atomic mass is 10.2. The van der Waals surface area contributed by atoms with Gasteiger partial charge in [-0.1, -0.05) is 23.2 Å². The molecule has 11 heteroatoms. The molecule has 154 valence electrons. The molecular weight excluding hydrogens is 433 g/mol. The summed E-state index contributed by atoms with van der Waals surface area (Å²) in [5, 5.41) is 27.5. The number of ether oxygens (including phenoxy) is 1. The Morgan fingerprint density at radius 2 is 1.87 bits per heavy atom. The van der Waals surface area contributed by atoms with Gasteiger partial charge >= 0.3 is 0 Å². The molecule has 0 bridgehead atoms. The number of rotatable bonds is 9. The molecule has 0 N–H and O–H groups in total. The van der Waals surface area contributed by atoms with Crippen LogP contribution in [-0.4, -0.2) is 30.6 Å². The van der Waals surface area contributed by atoms with Gasteiger partial charge < -0.3 is 9.64 Å². The van der Waals surface area contributed by atoms with E-state index in [1.807, 2.05) is 11.8 Å². The number of likely N-dealkylation sites (N-methyl/N-ethyl adjacent to an activating group) is 1.